The molecule has 0 aliphatic carbocycles. The van der Waals surface area contributed by atoms with Crippen LogP contribution in [0.5, 0.6) is 0 Å². The highest BCUT2D eigenvalue weighted by Gasteiger charge is 2.30. The molecule has 20 heavy (non-hydrogen) atoms. The van der Waals surface area contributed by atoms with Crippen molar-refractivity contribution < 1.29 is 8.42 Å². The van der Waals surface area contributed by atoms with E-state index in [1.807, 2.05) is 0 Å². The highest BCUT2D eigenvalue weighted by molar-refractivity contribution is 7.92. The summed E-state index contributed by atoms with van der Waals surface area (Å²) in [6.45, 7) is 5.33. The molecule has 2 rings (SSSR count). The molecule has 9 heteroatoms. The van der Waals surface area contributed by atoms with Crippen molar-refractivity contribution in [1.82, 2.24) is 19.6 Å². The normalized spacial score (nSPS) is 12.8. The average molecular weight is 318 g/mol. The third-order valence-electron chi connectivity index (χ3n) is 3.29. The van der Waals surface area contributed by atoms with Gasteiger partial charge >= 0.3 is 0 Å². The number of aromatic nitrogens is 4. The summed E-state index contributed by atoms with van der Waals surface area (Å²) in [7, 11) is -3.19. The van der Waals surface area contributed by atoms with Crippen LogP contribution in [0, 0.1) is 6.92 Å². The van der Waals surface area contributed by atoms with Gasteiger partial charge in [-0.15, -0.1) is 0 Å². The molecule has 0 radical (unpaired) electrons. The van der Waals surface area contributed by atoms with E-state index < -0.39 is 14.6 Å². The molecule has 0 aliphatic rings. The maximum atomic E-state index is 11.7. The number of rotatable bonds is 4. The van der Waals surface area contributed by atoms with Crippen LogP contribution in [0.1, 0.15) is 19.4 Å². The Labute approximate surface area is 122 Å². The summed E-state index contributed by atoms with van der Waals surface area (Å²) in [5, 5.41) is 7.45. The SMILES string of the molecule is Cc1c(Cl)nc2ncnn2c1NCC(C)(C)S(C)(=O)=O. The van der Waals surface area contributed by atoms with Crippen LogP contribution in [-0.2, 0) is 9.84 Å². The Bertz CT molecular complexity index is 754. The second kappa shape index (κ2) is 4.85. The molecule has 1 N–H and O–H groups in total. The number of hydrogen-bond acceptors (Lipinski definition) is 6. The van der Waals surface area contributed by atoms with Gasteiger partial charge in [0, 0.05) is 18.4 Å². The van der Waals surface area contributed by atoms with Crippen LogP contribution in [0.25, 0.3) is 5.78 Å². The van der Waals surface area contributed by atoms with Crippen molar-refractivity contribution >= 4 is 33.0 Å². The fourth-order valence-corrected chi connectivity index (χ4v) is 2.03. The van der Waals surface area contributed by atoms with E-state index in [0.29, 0.717) is 22.3 Å². The lowest BCUT2D eigenvalue weighted by atomic mass is 10.2. The summed E-state index contributed by atoms with van der Waals surface area (Å²) in [5.74, 6) is 0.953. The van der Waals surface area contributed by atoms with Crippen LogP contribution in [0.3, 0.4) is 0 Å². The average Bonchev–Trinajstić information content (AvgIpc) is 2.75. The summed E-state index contributed by atoms with van der Waals surface area (Å²) in [4.78, 5) is 8.06. The zero-order chi connectivity index (χ0) is 15.1. The monoisotopic (exact) mass is 317 g/mol. The minimum atomic E-state index is -3.19. The number of fused-ring (bicyclic) bond motifs is 1. The largest absolute Gasteiger partial charge is 0.368 e. The number of halogens is 1. The molecule has 0 amide bonds. The van der Waals surface area contributed by atoms with Crippen LogP contribution in [0.4, 0.5) is 5.82 Å². The minimum Gasteiger partial charge on any atom is -0.368 e. The lowest BCUT2D eigenvalue weighted by molar-refractivity contribution is 0.559. The quantitative estimate of drug-likeness (QED) is 0.855. The molecule has 0 saturated heterocycles. The first-order valence-electron chi connectivity index (χ1n) is 5.93. The van der Waals surface area contributed by atoms with Gasteiger partial charge in [-0.05, 0) is 20.8 Å². The van der Waals surface area contributed by atoms with E-state index in [0.717, 1.165) is 0 Å². The lowest BCUT2D eigenvalue weighted by Gasteiger charge is -2.24. The Hall–Kier alpha value is -1.41. The number of hydrogen-bond donors (Lipinski definition) is 1. The Balaban J connectivity index is 2.40. The summed E-state index contributed by atoms with van der Waals surface area (Å²) < 4.78 is 24.0. The lowest BCUT2D eigenvalue weighted by Crippen LogP contribution is -2.38. The zero-order valence-electron chi connectivity index (χ0n) is 11.7. The summed E-state index contributed by atoms with van der Waals surface area (Å²) in [5.41, 5.74) is 0.689. The highest BCUT2D eigenvalue weighted by atomic mass is 35.5. The Morgan fingerprint density at radius 3 is 2.70 bits per heavy atom. The second-order valence-corrected chi connectivity index (χ2v) is 8.24. The maximum absolute atomic E-state index is 11.7. The second-order valence-electron chi connectivity index (χ2n) is 5.23. The number of nitrogens with one attached hydrogen (secondary N) is 1. The van der Waals surface area contributed by atoms with Crippen molar-refractivity contribution in [3.8, 4) is 0 Å². The standard InChI is InChI=1S/C11H16ClN5O2S/c1-7-8(12)16-10-14-6-15-17(10)9(7)13-5-11(2,3)20(4,18)19/h6,13H,5H2,1-4H3. The van der Waals surface area contributed by atoms with Gasteiger partial charge in [-0.1, -0.05) is 11.6 Å². The molecule has 0 saturated carbocycles. The van der Waals surface area contributed by atoms with Gasteiger partial charge in [-0.3, -0.25) is 0 Å². The molecular formula is C11H16ClN5O2S. The van der Waals surface area contributed by atoms with Crippen LogP contribution >= 0.6 is 11.6 Å². The van der Waals surface area contributed by atoms with Crippen molar-refractivity contribution in [1.29, 1.82) is 0 Å². The third-order valence-corrected chi connectivity index (χ3v) is 5.81. The first-order valence-corrected chi connectivity index (χ1v) is 8.20. The summed E-state index contributed by atoms with van der Waals surface area (Å²) in [6.07, 6.45) is 2.58. The highest BCUT2D eigenvalue weighted by Crippen LogP contribution is 2.23. The van der Waals surface area contributed by atoms with E-state index in [4.69, 9.17) is 11.6 Å². The predicted octanol–water partition coefficient (Wildman–Crippen LogP) is 1.32. The van der Waals surface area contributed by atoms with E-state index in [1.54, 1.807) is 20.8 Å². The van der Waals surface area contributed by atoms with Crippen molar-refractivity contribution in [3.05, 3.63) is 17.0 Å². The van der Waals surface area contributed by atoms with E-state index in [-0.39, 0.29) is 6.54 Å². The molecule has 0 spiro atoms. The number of nitrogens with zero attached hydrogens (tertiary/aromatic N) is 4. The molecule has 2 aromatic rings. The first-order chi connectivity index (χ1) is 9.13. The molecule has 0 fully saturated rings. The molecule has 2 aromatic heterocycles. The van der Waals surface area contributed by atoms with E-state index >= 15 is 0 Å². The zero-order valence-corrected chi connectivity index (χ0v) is 13.2. The van der Waals surface area contributed by atoms with E-state index in [2.05, 4.69) is 20.4 Å². The molecular weight excluding hydrogens is 302 g/mol. The van der Waals surface area contributed by atoms with Gasteiger partial charge in [0.25, 0.3) is 5.78 Å². The van der Waals surface area contributed by atoms with E-state index in [9.17, 15) is 8.42 Å². The smallest absolute Gasteiger partial charge is 0.255 e. The van der Waals surface area contributed by atoms with Crippen LogP contribution < -0.4 is 5.32 Å². The fraction of sp³-hybridized carbons (Fsp3) is 0.545. The Kier molecular flexibility index (Phi) is 3.64. The van der Waals surface area contributed by atoms with Gasteiger partial charge in [0.05, 0.1) is 4.75 Å². The van der Waals surface area contributed by atoms with Gasteiger partial charge in [0.2, 0.25) is 0 Å². The van der Waals surface area contributed by atoms with Crippen molar-refractivity contribution in [3.63, 3.8) is 0 Å². The molecule has 2 heterocycles. The molecule has 7 nitrogen and oxygen atoms in total. The van der Waals surface area contributed by atoms with Crippen molar-refractivity contribution in [2.45, 2.75) is 25.5 Å². The molecule has 0 bridgehead atoms. The Morgan fingerprint density at radius 1 is 1.45 bits per heavy atom. The van der Waals surface area contributed by atoms with Gasteiger partial charge < -0.3 is 5.32 Å². The minimum absolute atomic E-state index is 0.224. The molecule has 110 valence electrons. The third kappa shape index (κ3) is 2.57. The molecule has 0 atom stereocenters. The van der Waals surface area contributed by atoms with Gasteiger partial charge in [-0.25, -0.2) is 8.42 Å². The molecule has 0 aliphatic heterocycles. The number of anilines is 1. The summed E-state index contributed by atoms with van der Waals surface area (Å²) >= 11 is 6.04. The molecule has 0 unspecified atom stereocenters. The van der Waals surface area contributed by atoms with Gasteiger partial charge in [0.15, 0.2) is 9.84 Å². The fourth-order valence-electron chi connectivity index (χ4n) is 1.53. The predicted molar refractivity (Wildman–Crippen MR) is 77.9 cm³/mol. The van der Waals surface area contributed by atoms with Crippen molar-refractivity contribution in [2.75, 3.05) is 18.1 Å². The van der Waals surface area contributed by atoms with Gasteiger partial charge in [-0.2, -0.15) is 19.6 Å². The maximum Gasteiger partial charge on any atom is 0.255 e. The van der Waals surface area contributed by atoms with Crippen LogP contribution in [0.15, 0.2) is 6.33 Å². The van der Waals surface area contributed by atoms with Crippen LogP contribution in [0.2, 0.25) is 5.15 Å². The van der Waals surface area contributed by atoms with E-state index in [1.165, 1.54) is 17.1 Å². The summed E-state index contributed by atoms with van der Waals surface area (Å²) in [6, 6.07) is 0. The Morgan fingerprint density at radius 2 is 2.10 bits per heavy atom. The van der Waals surface area contributed by atoms with Crippen LogP contribution in [-0.4, -0.2) is 45.5 Å². The van der Waals surface area contributed by atoms with Gasteiger partial charge in [0.1, 0.15) is 17.3 Å². The molecule has 0 aromatic carbocycles. The topological polar surface area (TPSA) is 89.2 Å². The van der Waals surface area contributed by atoms with Crippen molar-refractivity contribution in [2.24, 2.45) is 0 Å². The number of sulfone groups is 1. The first kappa shape index (κ1) is 15.0.